The van der Waals surface area contributed by atoms with Crippen molar-refractivity contribution in [1.29, 1.82) is 0 Å². The molecule has 0 spiro atoms. The minimum atomic E-state index is 0.451. The number of rotatable bonds is 2. The first kappa shape index (κ1) is 9.45. The highest BCUT2D eigenvalue weighted by Crippen LogP contribution is 2.14. The van der Waals surface area contributed by atoms with Gasteiger partial charge in [-0.3, -0.25) is 0 Å². The van der Waals surface area contributed by atoms with E-state index in [0.717, 1.165) is 10.4 Å². The van der Waals surface area contributed by atoms with Gasteiger partial charge < -0.3 is 4.90 Å². The average molecular weight is 230 g/mol. The lowest BCUT2D eigenvalue weighted by Crippen LogP contribution is -2.26. The van der Waals surface area contributed by atoms with Crippen LogP contribution in [0.4, 0.5) is 5.82 Å². The third-order valence-corrected chi connectivity index (χ3v) is 2.19. The van der Waals surface area contributed by atoms with Crippen molar-refractivity contribution >= 4 is 21.7 Å². The Bertz CT molecular complexity index is 262. The van der Waals surface area contributed by atoms with Crippen LogP contribution in [0.3, 0.4) is 0 Å². The predicted molar refractivity (Wildman–Crippen MR) is 53.3 cm³/mol. The molecule has 0 atom stereocenters. The van der Waals surface area contributed by atoms with E-state index in [1.807, 2.05) is 13.1 Å². The number of nitrogens with zero attached hydrogens (tertiary/aromatic N) is 3. The number of hydrogen-bond donors (Lipinski definition) is 0. The van der Waals surface area contributed by atoms with E-state index in [9.17, 15) is 0 Å². The van der Waals surface area contributed by atoms with Crippen LogP contribution in [0.1, 0.15) is 13.8 Å². The molecule has 66 valence electrons. The molecule has 0 fully saturated rings. The molecule has 12 heavy (non-hydrogen) atoms. The Kier molecular flexibility index (Phi) is 3.03. The predicted octanol–water partition coefficient (Wildman–Crippen LogP) is 2.08. The normalized spacial score (nSPS) is 10.4. The lowest BCUT2D eigenvalue weighted by Gasteiger charge is -2.22. The van der Waals surface area contributed by atoms with Crippen molar-refractivity contribution in [3.05, 3.63) is 17.0 Å². The zero-order valence-corrected chi connectivity index (χ0v) is 9.04. The van der Waals surface area contributed by atoms with Crippen LogP contribution in [0.15, 0.2) is 17.0 Å². The average Bonchev–Trinajstić information content (AvgIpc) is 2.03. The van der Waals surface area contributed by atoms with E-state index >= 15 is 0 Å². The Morgan fingerprint density at radius 1 is 1.42 bits per heavy atom. The molecule has 0 N–H and O–H groups in total. The second-order valence-corrected chi connectivity index (χ2v) is 3.72. The first-order valence-electron chi connectivity index (χ1n) is 3.81. The number of hydrogen-bond acceptors (Lipinski definition) is 3. The molecule has 1 heterocycles. The van der Waals surface area contributed by atoms with Crippen LogP contribution in [-0.4, -0.2) is 23.1 Å². The summed E-state index contributed by atoms with van der Waals surface area (Å²) in [6.45, 7) is 4.24. The first-order chi connectivity index (χ1) is 5.61. The number of aromatic nitrogens is 2. The molecule has 0 amide bonds. The molecular formula is C8H12BrN3. The highest BCUT2D eigenvalue weighted by atomic mass is 79.9. The van der Waals surface area contributed by atoms with Crippen molar-refractivity contribution in [2.24, 2.45) is 0 Å². The summed E-state index contributed by atoms with van der Waals surface area (Å²) in [6, 6.07) is 2.35. The molecule has 1 rings (SSSR count). The zero-order valence-electron chi connectivity index (χ0n) is 7.45. The van der Waals surface area contributed by atoms with Crippen LogP contribution in [0.2, 0.25) is 0 Å². The largest absolute Gasteiger partial charge is 0.357 e. The third-order valence-electron chi connectivity index (χ3n) is 1.76. The summed E-state index contributed by atoms with van der Waals surface area (Å²) in [5.41, 5.74) is 0. The Labute approximate surface area is 81.0 Å². The van der Waals surface area contributed by atoms with E-state index in [-0.39, 0.29) is 0 Å². The standard InChI is InChI=1S/C8H12BrN3/c1-6(2)12(3)8-4-7(9)10-5-11-8/h4-6H,1-3H3. The quantitative estimate of drug-likeness (QED) is 0.728. The molecule has 0 aliphatic rings. The van der Waals surface area contributed by atoms with Crippen molar-refractivity contribution < 1.29 is 0 Å². The van der Waals surface area contributed by atoms with Gasteiger partial charge in [-0.05, 0) is 29.8 Å². The second kappa shape index (κ2) is 3.85. The summed E-state index contributed by atoms with van der Waals surface area (Å²) in [6.07, 6.45) is 1.55. The van der Waals surface area contributed by atoms with Gasteiger partial charge in [0.15, 0.2) is 0 Å². The number of anilines is 1. The fraction of sp³-hybridized carbons (Fsp3) is 0.500. The Morgan fingerprint density at radius 3 is 2.58 bits per heavy atom. The van der Waals surface area contributed by atoms with Crippen molar-refractivity contribution in [1.82, 2.24) is 9.97 Å². The van der Waals surface area contributed by atoms with Gasteiger partial charge in [0.25, 0.3) is 0 Å². The molecule has 0 saturated heterocycles. The van der Waals surface area contributed by atoms with E-state index in [2.05, 4.69) is 44.6 Å². The Hall–Kier alpha value is -0.640. The number of halogens is 1. The monoisotopic (exact) mass is 229 g/mol. The molecule has 1 aromatic heterocycles. The third kappa shape index (κ3) is 2.17. The van der Waals surface area contributed by atoms with Crippen molar-refractivity contribution in [3.8, 4) is 0 Å². The molecule has 1 aromatic rings. The van der Waals surface area contributed by atoms with Crippen LogP contribution in [0.5, 0.6) is 0 Å². The van der Waals surface area contributed by atoms with E-state index < -0.39 is 0 Å². The summed E-state index contributed by atoms with van der Waals surface area (Å²) in [5.74, 6) is 0.937. The van der Waals surface area contributed by atoms with E-state index in [4.69, 9.17) is 0 Å². The van der Waals surface area contributed by atoms with E-state index in [0.29, 0.717) is 6.04 Å². The molecule has 0 aliphatic heterocycles. The van der Waals surface area contributed by atoms with E-state index in [1.165, 1.54) is 0 Å². The van der Waals surface area contributed by atoms with Gasteiger partial charge in [0.1, 0.15) is 16.7 Å². The first-order valence-corrected chi connectivity index (χ1v) is 4.61. The van der Waals surface area contributed by atoms with Gasteiger partial charge in [0.05, 0.1) is 0 Å². The molecule has 0 aromatic carbocycles. The van der Waals surface area contributed by atoms with E-state index in [1.54, 1.807) is 6.33 Å². The molecule has 0 aliphatic carbocycles. The molecule has 0 radical (unpaired) electrons. The molecule has 0 bridgehead atoms. The Morgan fingerprint density at radius 2 is 2.08 bits per heavy atom. The lowest BCUT2D eigenvalue weighted by atomic mass is 10.3. The fourth-order valence-electron chi connectivity index (χ4n) is 0.782. The summed E-state index contributed by atoms with van der Waals surface area (Å²) >= 11 is 3.30. The second-order valence-electron chi connectivity index (χ2n) is 2.90. The van der Waals surface area contributed by atoms with Gasteiger partial charge in [0.2, 0.25) is 0 Å². The van der Waals surface area contributed by atoms with Crippen LogP contribution < -0.4 is 4.90 Å². The minimum absolute atomic E-state index is 0.451. The van der Waals surface area contributed by atoms with Crippen LogP contribution >= 0.6 is 15.9 Å². The van der Waals surface area contributed by atoms with Gasteiger partial charge in [-0.15, -0.1) is 0 Å². The molecule has 3 nitrogen and oxygen atoms in total. The summed E-state index contributed by atoms with van der Waals surface area (Å²) < 4.78 is 0.819. The maximum atomic E-state index is 4.15. The maximum Gasteiger partial charge on any atom is 0.133 e. The summed E-state index contributed by atoms with van der Waals surface area (Å²) in [5, 5.41) is 0. The fourth-order valence-corrected chi connectivity index (χ4v) is 1.08. The maximum absolute atomic E-state index is 4.15. The molecule has 0 saturated carbocycles. The minimum Gasteiger partial charge on any atom is -0.357 e. The topological polar surface area (TPSA) is 29.0 Å². The van der Waals surface area contributed by atoms with Gasteiger partial charge in [-0.1, -0.05) is 0 Å². The van der Waals surface area contributed by atoms with Gasteiger partial charge in [-0.25, -0.2) is 9.97 Å². The van der Waals surface area contributed by atoms with Crippen LogP contribution in [0.25, 0.3) is 0 Å². The van der Waals surface area contributed by atoms with Crippen LogP contribution in [0, 0.1) is 0 Å². The van der Waals surface area contributed by atoms with Crippen molar-refractivity contribution in [3.63, 3.8) is 0 Å². The van der Waals surface area contributed by atoms with Crippen molar-refractivity contribution in [2.75, 3.05) is 11.9 Å². The molecular weight excluding hydrogens is 218 g/mol. The van der Waals surface area contributed by atoms with Crippen molar-refractivity contribution in [2.45, 2.75) is 19.9 Å². The summed E-state index contributed by atoms with van der Waals surface area (Å²) in [4.78, 5) is 10.2. The molecule has 4 heteroatoms. The van der Waals surface area contributed by atoms with Gasteiger partial charge >= 0.3 is 0 Å². The Balaban J connectivity index is 2.88. The molecule has 0 unspecified atom stereocenters. The summed E-state index contributed by atoms with van der Waals surface area (Å²) in [7, 11) is 2.01. The van der Waals surface area contributed by atoms with Crippen LogP contribution in [-0.2, 0) is 0 Å². The highest BCUT2D eigenvalue weighted by molar-refractivity contribution is 9.10. The zero-order chi connectivity index (χ0) is 9.14. The smallest absolute Gasteiger partial charge is 0.133 e. The highest BCUT2D eigenvalue weighted by Gasteiger charge is 2.05. The lowest BCUT2D eigenvalue weighted by molar-refractivity contribution is 0.741. The SMILES string of the molecule is CC(C)N(C)c1cc(Br)ncn1. The van der Waals surface area contributed by atoms with Gasteiger partial charge in [0, 0.05) is 19.2 Å². The van der Waals surface area contributed by atoms with Gasteiger partial charge in [-0.2, -0.15) is 0 Å².